The molecule has 112 valence electrons. The first-order valence-electron chi connectivity index (χ1n) is 6.94. The Labute approximate surface area is 134 Å². The standard InChI is InChI=1S/C16H19ClN2OS/c1-10(2)19(11(3)4)16-18-9-14(21-16)15(20)12-5-7-13(17)8-6-12/h5-11H,1-4H3. The molecule has 0 saturated heterocycles. The molecule has 0 aliphatic heterocycles. The lowest BCUT2D eigenvalue weighted by molar-refractivity contribution is 0.104. The van der Waals surface area contributed by atoms with E-state index in [0.29, 0.717) is 27.5 Å². The fourth-order valence-electron chi connectivity index (χ4n) is 2.27. The Hall–Kier alpha value is -1.39. The monoisotopic (exact) mass is 322 g/mol. The topological polar surface area (TPSA) is 33.2 Å². The van der Waals surface area contributed by atoms with E-state index in [0.717, 1.165) is 5.13 Å². The van der Waals surface area contributed by atoms with Crippen LogP contribution in [-0.4, -0.2) is 22.9 Å². The average Bonchev–Trinajstić information content (AvgIpc) is 2.87. The first kappa shape index (κ1) is 16.0. The maximum atomic E-state index is 12.4. The minimum Gasteiger partial charge on any atom is -0.343 e. The molecule has 0 aliphatic rings. The lowest BCUT2D eigenvalue weighted by Crippen LogP contribution is -2.36. The van der Waals surface area contributed by atoms with Crippen LogP contribution in [0.15, 0.2) is 30.5 Å². The van der Waals surface area contributed by atoms with Crippen LogP contribution in [0.2, 0.25) is 5.02 Å². The minimum atomic E-state index is -0.0112. The molecule has 3 nitrogen and oxygen atoms in total. The molecule has 21 heavy (non-hydrogen) atoms. The summed E-state index contributed by atoms with van der Waals surface area (Å²) in [5, 5.41) is 1.51. The van der Waals surface area contributed by atoms with Crippen LogP contribution in [0.5, 0.6) is 0 Å². The van der Waals surface area contributed by atoms with Gasteiger partial charge in [-0.25, -0.2) is 4.98 Å². The van der Waals surface area contributed by atoms with Gasteiger partial charge in [-0.3, -0.25) is 4.79 Å². The third-order valence-electron chi connectivity index (χ3n) is 3.16. The molecule has 0 amide bonds. The van der Waals surface area contributed by atoms with E-state index >= 15 is 0 Å². The zero-order valence-electron chi connectivity index (χ0n) is 12.6. The number of hydrogen-bond donors (Lipinski definition) is 0. The van der Waals surface area contributed by atoms with Crippen molar-refractivity contribution in [3.8, 4) is 0 Å². The highest BCUT2D eigenvalue weighted by Gasteiger charge is 2.20. The van der Waals surface area contributed by atoms with Crippen LogP contribution in [0.25, 0.3) is 0 Å². The summed E-state index contributed by atoms with van der Waals surface area (Å²) < 4.78 is 0. The van der Waals surface area contributed by atoms with Gasteiger partial charge in [0.1, 0.15) is 0 Å². The number of aromatic nitrogens is 1. The fourth-order valence-corrected chi connectivity index (χ4v) is 3.54. The maximum absolute atomic E-state index is 12.4. The van der Waals surface area contributed by atoms with Crippen LogP contribution in [0.1, 0.15) is 42.9 Å². The Bertz CT molecular complexity index is 611. The van der Waals surface area contributed by atoms with E-state index in [1.54, 1.807) is 30.5 Å². The van der Waals surface area contributed by atoms with Gasteiger partial charge in [0.25, 0.3) is 0 Å². The molecule has 0 spiro atoms. The highest BCUT2D eigenvalue weighted by atomic mass is 35.5. The number of halogens is 1. The molecule has 0 bridgehead atoms. The van der Waals surface area contributed by atoms with Gasteiger partial charge >= 0.3 is 0 Å². The van der Waals surface area contributed by atoms with Crippen LogP contribution >= 0.6 is 22.9 Å². The second-order valence-corrected chi connectivity index (χ2v) is 6.88. The SMILES string of the molecule is CC(C)N(c1ncc(C(=O)c2ccc(Cl)cc2)s1)C(C)C. The molecule has 1 aromatic carbocycles. The Balaban J connectivity index is 2.27. The Morgan fingerprint density at radius 1 is 1.14 bits per heavy atom. The number of benzene rings is 1. The summed E-state index contributed by atoms with van der Waals surface area (Å²) in [5.41, 5.74) is 0.634. The van der Waals surface area contributed by atoms with Crippen LogP contribution in [-0.2, 0) is 0 Å². The molecule has 0 unspecified atom stereocenters. The summed E-state index contributed by atoms with van der Waals surface area (Å²) in [6.45, 7) is 8.51. The van der Waals surface area contributed by atoms with E-state index in [1.807, 2.05) is 0 Å². The van der Waals surface area contributed by atoms with E-state index in [4.69, 9.17) is 11.6 Å². The van der Waals surface area contributed by atoms with Crippen LogP contribution in [0.3, 0.4) is 0 Å². The van der Waals surface area contributed by atoms with Gasteiger partial charge in [-0.2, -0.15) is 0 Å². The Morgan fingerprint density at radius 3 is 2.24 bits per heavy atom. The van der Waals surface area contributed by atoms with Crippen molar-refractivity contribution in [1.82, 2.24) is 4.98 Å². The Morgan fingerprint density at radius 2 is 1.71 bits per heavy atom. The van der Waals surface area contributed by atoms with Gasteiger partial charge in [-0.05, 0) is 52.0 Å². The minimum absolute atomic E-state index is 0.0112. The van der Waals surface area contributed by atoms with Gasteiger partial charge in [-0.15, -0.1) is 0 Å². The lowest BCUT2D eigenvalue weighted by atomic mass is 10.1. The van der Waals surface area contributed by atoms with Crippen molar-refractivity contribution in [3.05, 3.63) is 45.9 Å². The van der Waals surface area contributed by atoms with Crippen molar-refractivity contribution in [2.24, 2.45) is 0 Å². The molecule has 2 rings (SSSR count). The third-order valence-corrected chi connectivity index (χ3v) is 4.42. The van der Waals surface area contributed by atoms with E-state index in [2.05, 4.69) is 37.6 Å². The molecule has 0 fully saturated rings. The second-order valence-electron chi connectivity index (χ2n) is 5.44. The molecule has 5 heteroatoms. The van der Waals surface area contributed by atoms with Crippen molar-refractivity contribution >= 4 is 33.9 Å². The van der Waals surface area contributed by atoms with Crippen LogP contribution < -0.4 is 4.90 Å². The maximum Gasteiger partial charge on any atom is 0.204 e. The van der Waals surface area contributed by atoms with Gasteiger partial charge in [0.15, 0.2) is 5.13 Å². The van der Waals surface area contributed by atoms with E-state index < -0.39 is 0 Å². The predicted molar refractivity (Wildman–Crippen MR) is 89.7 cm³/mol. The summed E-state index contributed by atoms with van der Waals surface area (Å²) in [6, 6.07) is 7.62. The normalized spacial score (nSPS) is 11.2. The number of anilines is 1. The number of thiazole rings is 1. The van der Waals surface area contributed by atoms with E-state index in [9.17, 15) is 4.79 Å². The molecule has 0 saturated carbocycles. The zero-order valence-corrected chi connectivity index (χ0v) is 14.2. The summed E-state index contributed by atoms with van der Waals surface area (Å²) in [5.74, 6) is -0.0112. The predicted octanol–water partition coefficient (Wildman–Crippen LogP) is 4.65. The Kier molecular flexibility index (Phi) is 5.01. The van der Waals surface area contributed by atoms with Gasteiger partial charge in [-0.1, -0.05) is 22.9 Å². The first-order chi connectivity index (χ1) is 9.90. The third kappa shape index (κ3) is 3.63. The smallest absolute Gasteiger partial charge is 0.204 e. The van der Waals surface area contributed by atoms with Gasteiger partial charge in [0, 0.05) is 22.7 Å². The average molecular weight is 323 g/mol. The highest BCUT2D eigenvalue weighted by Crippen LogP contribution is 2.28. The summed E-state index contributed by atoms with van der Waals surface area (Å²) in [7, 11) is 0. The van der Waals surface area contributed by atoms with Gasteiger partial charge in [0.2, 0.25) is 5.78 Å². The lowest BCUT2D eigenvalue weighted by Gasteiger charge is -2.30. The quantitative estimate of drug-likeness (QED) is 0.751. The first-order valence-corrected chi connectivity index (χ1v) is 8.14. The molecule has 2 aromatic rings. The molecular weight excluding hydrogens is 304 g/mol. The van der Waals surface area contributed by atoms with Crippen molar-refractivity contribution < 1.29 is 4.79 Å². The number of carbonyl (C=O) groups excluding carboxylic acids is 1. The van der Waals surface area contributed by atoms with Crippen LogP contribution in [0.4, 0.5) is 5.13 Å². The van der Waals surface area contributed by atoms with Crippen molar-refractivity contribution in [2.75, 3.05) is 4.90 Å². The fraction of sp³-hybridized carbons (Fsp3) is 0.375. The number of hydrogen-bond acceptors (Lipinski definition) is 4. The summed E-state index contributed by atoms with van der Waals surface area (Å²) in [6.07, 6.45) is 1.66. The number of rotatable bonds is 5. The molecule has 0 radical (unpaired) electrons. The second kappa shape index (κ2) is 6.58. The zero-order chi connectivity index (χ0) is 15.6. The van der Waals surface area contributed by atoms with E-state index in [1.165, 1.54) is 11.3 Å². The molecule has 0 N–H and O–H groups in total. The number of carbonyl (C=O) groups is 1. The summed E-state index contributed by atoms with van der Waals surface area (Å²) in [4.78, 5) is 19.7. The molecule has 0 atom stereocenters. The highest BCUT2D eigenvalue weighted by molar-refractivity contribution is 7.17. The molecule has 1 aromatic heterocycles. The largest absolute Gasteiger partial charge is 0.343 e. The van der Waals surface area contributed by atoms with Crippen molar-refractivity contribution in [1.29, 1.82) is 0 Å². The van der Waals surface area contributed by atoms with Gasteiger partial charge < -0.3 is 4.90 Å². The molecule has 0 aliphatic carbocycles. The number of ketones is 1. The summed E-state index contributed by atoms with van der Waals surface area (Å²) >= 11 is 7.29. The molecular formula is C16H19ClN2OS. The van der Waals surface area contributed by atoms with Gasteiger partial charge in [0.05, 0.1) is 11.1 Å². The number of nitrogens with zero attached hydrogens (tertiary/aromatic N) is 2. The molecule has 1 heterocycles. The van der Waals surface area contributed by atoms with E-state index in [-0.39, 0.29) is 5.78 Å². The van der Waals surface area contributed by atoms with Crippen LogP contribution in [0, 0.1) is 0 Å². The van der Waals surface area contributed by atoms with Crippen molar-refractivity contribution in [2.45, 2.75) is 39.8 Å². The van der Waals surface area contributed by atoms with Crippen molar-refractivity contribution in [3.63, 3.8) is 0 Å².